The van der Waals surface area contributed by atoms with Crippen LogP contribution in [0.2, 0.25) is 10.0 Å². The van der Waals surface area contributed by atoms with Gasteiger partial charge in [0.05, 0.1) is 0 Å². The normalized spacial score (nSPS) is 10.7. The molecule has 0 radical (unpaired) electrons. The van der Waals surface area contributed by atoms with Gasteiger partial charge in [0.2, 0.25) is 0 Å². The van der Waals surface area contributed by atoms with Gasteiger partial charge in [-0.3, -0.25) is 0 Å². The van der Waals surface area contributed by atoms with E-state index >= 15 is 0 Å². The fourth-order valence-electron chi connectivity index (χ4n) is 2.67. The Morgan fingerprint density at radius 1 is 1.10 bits per heavy atom. The molecule has 3 aromatic rings. The summed E-state index contributed by atoms with van der Waals surface area (Å²) in [4.78, 5) is 0. The summed E-state index contributed by atoms with van der Waals surface area (Å²) in [7, 11) is 2.01. The molecule has 3 rings (SSSR count). The van der Waals surface area contributed by atoms with Crippen LogP contribution < -0.4 is 5.73 Å². The zero-order chi connectivity index (χ0) is 14.3. The zero-order valence-electron chi connectivity index (χ0n) is 11.4. The van der Waals surface area contributed by atoms with Gasteiger partial charge in [-0.2, -0.15) is 0 Å². The third-order valence-corrected chi connectivity index (χ3v) is 4.18. The fraction of sp³-hybridized carbons (Fsp3) is 0.125. The second kappa shape index (κ2) is 6.29. The number of nitrogens with zero attached hydrogens (tertiary/aromatic N) is 1. The van der Waals surface area contributed by atoms with Crippen LogP contribution in [0.15, 0.2) is 42.5 Å². The smallest absolute Gasteiger partial charge is 0.0487 e. The Morgan fingerprint density at radius 2 is 1.81 bits per heavy atom. The van der Waals surface area contributed by atoms with Crippen molar-refractivity contribution in [1.29, 1.82) is 0 Å². The Balaban J connectivity index is 0.00000161. The van der Waals surface area contributed by atoms with Crippen LogP contribution in [0.1, 0.15) is 5.69 Å². The number of fused-ring (bicyclic) bond motifs is 1. The molecule has 2 nitrogen and oxygen atoms in total. The highest BCUT2D eigenvalue weighted by Gasteiger charge is 2.17. The molecule has 0 aliphatic heterocycles. The summed E-state index contributed by atoms with van der Waals surface area (Å²) < 4.78 is 2.10. The van der Waals surface area contributed by atoms with Crippen molar-refractivity contribution in [1.82, 2.24) is 4.57 Å². The molecule has 0 aliphatic carbocycles. The highest BCUT2D eigenvalue weighted by Crippen LogP contribution is 2.38. The molecule has 1 heterocycles. The van der Waals surface area contributed by atoms with Gasteiger partial charge in [0, 0.05) is 51.4 Å². The fourth-order valence-corrected chi connectivity index (χ4v) is 3.08. The van der Waals surface area contributed by atoms with Crippen molar-refractivity contribution in [2.24, 2.45) is 12.8 Å². The Bertz CT molecular complexity index is 794. The molecule has 0 saturated heterocycles. The van der Waals surface area contributed by atoms with Crippen LogP contribution in [-0.2, 0) is 13.6 Å². The van der Waals surface area contributed by atoms with Gasteiger partial charge in [0.1, 0.15) is 0 Å². The van der Waals surface area contributed by atoms with Crippen molar-refractivity contribution in [3.63, 3.8) is 0 Å². The molecule has 0 bridgehead atoms. The first-order valence-electron chi connectivity index (χ1n) is 6.35. The molecule has 5 heteroatoms. The SMILES string of the molecule is Cl.Cn1c(CN)c(-c2ccccc2Cl)c2cc(Cl)ccc21. The number of benzene rings is 2. The summed E-state index contributed by atoms with van der Waals surface area (Å²) >= 11 is 12.5. The molecule has 1 aromatic heterocycles. The van der Waals surface area contributed by atoms with Crippen molar-refractivity contribution in [2.75, 3.05) is 0 Å². The first-order valence-corrected chi connectivity index (χ1v) is 7.11. The Morgan fingerprint density at radius 3 is 2.48 bits per heavy atom. The van der Waals surface area contributed by atoms with Crippen molar-refractivity contribution in [3.05, 3.63) is 58.2 Å². The summed E-state index contributed by atoms with van der Waals surface area (Å²) in [6, 6.07) is 13.7. The monoisotopic (exact) mass is 340 g/mol. The van der Waals surface area contributed by atoms with Gasteiger partial charge >= 0.3 is 0 Å². The number of nitrogens with two attached hydrogens (primary N) is 1. The Hall–Kier alpha value is -1.19. The Kier molecular flexibility index (Phi) is 4.84. The number of rotatable bonds is 2. The van der Waals surface area contributed by atoms with Gasteiger partial charge in [-0.15, -0.1) is 12.4 Å². The summed E-state index contributed by atoms with van der Waals surface area (Å²) in [5.41, 5.74) is 10.2. The predicted molar refractivity (Wildman–Crippen MR) is 93.5 cm³/mol. The van der Waals surface area contributed by atoms with Crippen molar-refractivity contribution < 1.29 is 0 Å². The summed E-state index contributed by atoms with van der Waals surface area (Å²) in [5.74, 6) is 0. The topological polar surface area (TPSA) is 30.9 Å². The standard InChI is InChI=1S/C16H14Cl2N2.ClH/c1-20-14-7-6-10(17)8-12(14)16(15(20)9-19)11-4-2-3-5-13(11)18;/h2-8H,9,19H2,1H3;1H. The van der Waals surface area contributed by atoms with Gasteiger partial charge < -0.3 is 10.3 Å². The molecule has 21 heavy (non-hydrogen) atoms. The van der Waals surface area contributed by atoms with Gasteiger partial charge in [-0.1, -0.05) is 41.4 Å². The highest BCUT2D eigenvalue weighted by atomic mass is 35.5. The van der Waals surface area contributed by atoms with E-state index in [4.69, 9.17) is 28.9 Å². The van der Waals surface area contributed by atoms with Crippen LogP contribution in [0.4, 0.5) is 0 Å². The van der Waals surface area contributed by atoms with Gasteiger partial charge in [-0.05, 0) is 24.3 Å². The van der Waals surface area contributed by atoms with E-state index < -0.39 is 0 Å². The number of aromatic nitrogens is 1. The third-order valence-electron chi connectivity index (χ3n) is 3.62. The lowest BCUT2D eigenvalue weighted by molar-refractivity contribution is 0.851. The largest absolute Gasteiger partial charge is 0.346 e. The highest BCUT2D eigenvalue weighted by molar-refractivity contribution is 6.34. The molecule has 0 amide bonds. The van der Waals surface area contributed by atoms with Gasteiger partial charge in [-0.25, -0.2) is 0 Å². The molecule has 0 saturated carbocycles. The van der Waals surface area contributed by atoms with E-state index in [2.05, 4.69) is 4.57 Å². The van der Waals surface area contributed by atoms with Crippen LogP contribution in [0.25, 0.3) is 22.0 Å². The molecular weight excluding hydrogens is 327 g/mol. The first-order chi connectivity index (χ1) is 9.63. The number of hydrogen-bond donors (Lipinski definition) is 1. The Labute approximate surface area is 139 Å². The second-order valence-corrected chi connectivity index (χ2v) is 5.57. The maximum absolute atomic E-state index is 6.35. The second-order valence-electron chi connectivity index (χ2n) is 4.73. The summed E-state index contributed by atoms with van der Waals surface area (Å²) in [5, 5.41) is 2.50. The van der Waals surface area contributed by atoms with Crippen molar-refractivity contribution in [3.8, 4) is 11.1 Å². The van der Waals surface area contributed by atoms with E-state index in [1.165, 1.54) is 0 Å². The van der Waals surface area contributed by atoms with E-state index in [0.717, 1.165) is 32.7 Å². The molecule has 0 atom stereocenters. The molecular formula is C16H15Cl3N2. The number of hydrogen-bond acceptors (Lipinski definition) is 1. The van der Waals surface area contributed by atoms with Crippen LogP contribution >= 0.6 is 35.6 Å². The molecule has 2 aromatic carbocycles. The van der Waals surface area contributed by atoms with Gasteiger partial charge in [0.15, 0.2) is 0 Å². The third kappa shape index (κ3) is 2.65. The van der Waals surface area contributed by atoms with E-state index in [1.54, 1.807) is 0 Å². The maximum Gasteiger partial charge on any atom is 0.0487 e. The zero-order valence-corrected chi connectivity index (χ0v) is 13.8. The molecule has 0 aliphatic rings. The van der Waals surface area contributed by atoms with Crippen molar-refractivity contribution in [2.45, 2.75) is 6.54 Å². The van der Waals surface area contributed by atoms with E-state index in [-0.39, 0.29) is 12.4 Å². The molecule has 110 valence electrons. The first kappa shape index (κ1) is 16.2. The van der Waals surface area contributed by atoms with Crippen molar-refractivity contribution >= 4 is 46.5 Å². The molecule has 0 unspecified atom stereocenters. The number of halogens is 3. The maximum atomic E-state index is 6.35. The minimum atomic E-state index is 0. The average Bonchev–Trinajstić information content (AvgIpc) is 2.71. The lowest BCUT2D eigenvalue weighted by Crippen LogP contribution is -2.04. The summed E-state index contributed by atoms with van der Waals surface area (Å²) in [6.07, 6.45) is 0. The summed E-state index contributed by atoms with van der Waals surface area (Å²) in [6.45, 7) is 0.448. The quantitative estimate of drug-likeness (QED) is 0.696. The lowest BCUT2D eigenvalue weighted by atomic mass is 10.0. The van der Waals surface area contributed by atoms with Crippen LogP contribution in [0.3, 0.4) is 0 Å². The minimum Gasteiger partial charge on any atom is -0.346 e. The van der Waals surface area contributed by atoms with E-state index in [0.29, 0.717) is 11.6 Å². The van der Waals surface area contributed by atoms with E-state index in [9.17, 15) is 0 Å². The average molecular weight is 342 g/mol. The minimum absolute atomic E-state index is 0. The molecule has 0 spiro atoms. The van der Waals surface area contributed by atoms with Crippen LogP contribution in [0, 0.1) is 0 Å². The van der Waals surface area contributed by atoms with Crippen LogP contribution in [0.5, 0.6) is 0 Å². The van der Waals surface area contributed by atoms with Crippen LogP contribution in [-0.4, -0.2) is 4.57 Å². The molecule has 2 N–H and O–H groups in total. The lowest BCUT2D eigenvalue weighted by Gasteiger charge is -2.07. The predicted octanol–water partition coefficient (Wildman–Crippen LogP) is 5.03. The van der Waals surface area contributed by atoms with E-state index in [1.807, 2.05) is 49.5 Å². The van der Waals surface area contributed by atoms with Gasteiger partial charge in [0.25, 0.3) is 0 Å². The number of aryl methyl sites for hydroxylation is 1. The molecule has 0 fully saturated rings.